The first-order valence-electron chi connectivity index (χ1n) is 9.33. The molecule has 0 spiro atoms. The molecule has 2 aromatic carbocycles. The topological polar surface area (TPSA) is 82.3 Å². The Morgan fingerprint density at radius 3 is 2.69 bits per heavy atom. The number of aromatic amines is 1. The van der Waals surface area contributed by atoms with Gasteiger partial charge in [-0.2, -0.15) is 0 Å². The summed E-state index contributed by atoms with van der Waals surface area (Å²) in [6, 6.07) is 12.9. The Balaban J connectivity index is 1.53. The summed E-state index contributed by atoms with van der Waals surface area (Å²) >= 11 is 3.41. The second-order valence-electron chi connectivity index (χ2n) is 7.34. The number of aromatic nitrogens is 1. The summed E-state index contributed by atoms with van der Waals surface area (Å²) in [5.74, 6) is -0.713. The number of amides is 2. The Bertz CT molecular complexity index is 1200. The van der Waals surface area contributed by atoms with Crippen LogP contribution in [0.3, 0.4) is 0 Å². The predicted octanol–water partition coefficient (Wildman–Crippen LogP) is 3.90. The Morgan fingerprint density at radius 1 is 1.14 bits per heavy atom. The standard InChI is InChI=1S/C22H20BrN3O3/c1-12-13(2)21(28)25-19-10-16(6-7-18(12)19)24-22(29)14-8-20(27)26(11-14)17-5-3-4-15(23)9-17/h3-7,9-10,14H,8,11H2,1-2H3,(H,24,29)(H,25,28). The Labute approximate surface area is 176 Å². The van der Waals surface area contributed by atoms with Crippen LogP contribution in [0.1, 0.15) is 17.5 Å². The Morgan fingerprint density at radius 2 is 1.93 bits per heavy atom. The van der Waals surface area contributed by atoms with Gasteiger partial charge in [0.2, 0.25) is 11.8 Å². The van der Waals surface area contributed by atoms with Gasteiger partial charge in [0.1, 0.15) is 0 Å². The zero-order chi connectivity index (χ0) is 20.7. The van der Waals surface area contributed by atoms with Gasteiger partial charge in [-0.25, -0.2) is 0 Å². The molecule has 0 radical (unpaired) electrons. The number of rotatable bonds is 3. The maximum absolute atomic E-state index is 12.8. The molecule has 29 heavy (non-hydrogen) atoms. The summed E-state index contributed by atoms with van der Waals surface area (Å²) in [7, 11) is 0. The third-order valence-corrected chi connectivity index (χ3v) is 5.95. The van der Waals surface area contributed by atoms with Crippen molar-refractivity contribution < 1.29 is 9.59 Å². The van der Waals surface area contributed by atoms with Gasteiger partial charge in [-0.1, -0.05) is 28.1 Å². The zero-order valence-electron chi connectivity index (χ0n) is 16.1. The van der Waals surface area contributed by atoms with Gasteiger partial charge in [-0.05, 0) is 49.7 Å². The highest BCUT2D eigenvalue weighted by Gasteiger charge is 2.35. The van der Waals surface area contributed by atoms with Gasteiger partial charge in [0.25, 0.3) is 5.56 Å². The van der Waals surface area contributed by atoms with Crippen molar-refractivity contribution in [3.8, 4) is 0 Å². The molecule has 1 atom stereocenters. The minimum Gasteiger partial charge on any atom is -0.326 e. The monoisotopic (exact) mass is 453 g/mol. The fraction of sp³-hybridized carbons (Fsp3) is 0.227. The van der Waals surface area contributed by atoms with E-state index in [0.29, 0.717) is 23.3 Å². The van der Waals surface area contributed by atoms with E-state index in [1.165, 1.54) is 0 Å². The van der Waals surface area contributed by atoms with Gasteiger partial charge in [0.05, 0.1) is 11.4 Å². The number of fused-ring (bicyclic) bond motifs is 1. The van der Waals surface area contributed by atoms with Crippen LogP contribution in [0.4, 0.5) is 11.4 Å². The molecular weight excluding hydrogens is 434 g/mol. The smallest absolute Gasteiger partial charge is 0.251 e. The number of nitrogens with one attached hydrogen (secondary N) is 2. The first-order chi connectivity index (χ1) is 13.8. The van der Waals surface area contributed by atoms with Crippen molar-refractivity contribution >= 4 is 50.0 Å². The van der Waals surface area contributed by atoms with Crippen LogP contribution < -0.4 is 15.8 Å². The van der Waals surface area contributed by atoms with E-state index in [2.05, 4.69) is 26.2 Å². The highest BCUT2D eigenvalue weighted by atomic mass is 79.9. The molecule has 1 fully saturated rings. The Hall–Kier alpha value is -2.93. The molecule has 1 aliphatic rings. The number of hydrogen-bond donors (Lipinski definition) is 2. The molecule has 2 amide bonds. The molecule has 0 bridgehead atoms. The Kier molecular flexibility index (Phi) is 5.00. The molecule has 6 nitrogen and oxygen atoms in total. The van der Waals surface area contributed by atoms with E-state index in [1.807, 2.05) is 43.3 Å². The second kappa shape index (κ2) is 7.48. The molecular formula is C22H20BrN3O3. The lowest BCUT2D eigenvalue weighted by atomic mass is 10.0. The molecule has 3 aromatic rings. The summed E-state index contributed by atoms with van der Waals surface area (Å²) in [5.41, 5.74) is 3.52. The minimum absolute atomic E-state index is 0.0720. The van der Waals surface area contributed by atoms with Crippen molar-refractivity contribution in [2.75, 3.05) is 16.8 Å². The summed E-state index contributed by atoms with van der Waals surface area (Å²) in [5, 5.41) is 3.83. The third kappa shape index (κ3) is 3.70. The lowest BCUT2D eigenvalue weighted by Crippen LogP contribution is -2.28. The van der Waals surface area contributed by atoms with Crippen molar-refractivity contribution in [1.82, 2.24) is 4.98 Å². The van der Waals surface area contributed by atoms with Gasteiger partial charge in [0.15, 0.2) is 0 Å². The minimum atomic E-state index is -0.434. The molecule has 1 unspecified atom stereocenters. The summed E-state index contributed by atoms with van der Waals surface area (Å²) < 4.78 is 0.881. The van der Waals surface area contributed by atoms with E-state index in [0.717, 1.165) is 21.1 Å². The van der Waals surface area contributed by atoms with Crippen molar-refractivity contribution in [2.24, 2.45) is 5.92 Å². The van der Waals surface area contributed by atoms with Gasteiger partial charge in [-0.15, -0.1) is 0 Å². The quantitative estimate of drug-likeness (QED) is 0.630. The van der Waals surface area contributed by atoms with E-state index >= 15 is 0 Å². The number of nitrogens with zero attached hydrogens (tertiary/aromatic N) is 1. The van der Waals surface area contributed by atoms with Crippen LogP contribution in [0, 0.1) is 19.8 Å². The number of pyridine rings is 1. The van der Waals surface area contributed by atoms with Crippen LogP contribution >= 0.6 is 15.9 Å². The van der Waals surface area contributed by atoms with E-state index in [1.54, 1.807) is 17.9 Å². The van der Waals surface area contributed by atoms with Gasteiger partial charge in [-0.3, -0.25) is 14.4 Å². The molecule has 1 saturated heterocycles. The zero-order valence-corrected chi connectivity index (χ0v) is 17.7. The SMILES string of the molecule is Cc1c(C)c2ccc(NC(=O)C3CC(=O)N(c4cccc(Br)c4)C3)cc2[nH]c1=O. The third-order valence-electron chi connectivity index (χ3n) is 5.46. The molecule has 1 aliphatic heterocycles. The molecule has 148 valence electrons. The lowest BCUT2D eigenvalue weighted by molar-refractivity contribution is -0.122. The van der Waals surface area contributed by atoms with Crippen molar-refractivity contribution in [1.29, 1.82) is 0 Å². The van der Waals surface area contributed by atoms with Crippen LogP contribution in [0.15, 0.2) is 51.7 Å². The van der Waals surface area contributed by atoms with Crippen LogP contribution in [-0.4, -0.2) is 23.3 Å². The number of hydrogen-bond acceptors (Lipinski definition) is 3. The highest BCUT2D eigenvalue weighted by molar-refractivity contribution is 9.10. The van der Waals surface area contributed by atoms with Crippen molar-refractivity contribution in [3.05, 3.63) is 68.4 Å². The molecule has 1 aromatic heterocycles. The lowest BCUT2D eigenvalue weighted by Gasteiger charge is -2.17. The first kappa shape index (κ1) is 19.4. The maximum atomic E-state index is 12.8. The van der Waals surface area contributed by atoms with Crippen LogP contribution in [0.25, 0.3) is 10.9 Å². The molecule has 0 saturated carbocycles. The summed E-state index contributed by atoms with van der Waals surface area (Å²) in [6.07, 6.45) is 0.168. The molecule has 7 heteroatoms. The van der Waals surface area contributed by atoms with E-state index in [-0.39, 0.29) is 23.8 Å². The second-order valence-corrected chi connectivity index (χ2v) is 8.25. The molecule has 4 rings (SSSR count). The van der Waals surface area contributed by atoms with Crippen LogP contribution in [-0.2, 0) is 9.59 Å². The number of anilines is 2. The van der Waals surface area contributed by atoms with Crippen LogP contribution in [0.2, 0.25) is 0 Å². The van der Waals surface area contributed by atoms with Gasteiger partial charge < -0.3 is 15.2 Å². The fourth-order valence-electron chi connectivity index (χ4n) is 3.66. The summed E-state index contributed by atoms with van der Waals surface area (Å²) in [4.78, 5) is 41.7. The number of benzene rings is 2. The van der Waals surface area contributed by atoms with Gasteiger partial charge in [0, 0.05) is 39.8 Å². The number of aryl methyl sites for hydroxylation is 1. The van der Waals surface area contributed by atoms with E-state index in [9.17, 15) is 14.4 Å². The number of halogens is 1. The normalized spacial score (nSPS) is 16.4. The van der Waals surface area contributed by atoms with Crippen molar-refractivity contribution in [3.63, 3.8) is 0 Å². The maximum Gasteiger partial charge on any atom is 0.251 e. The number of H-pyrrole nitrogens is 1. The van der Waals surface area contributed by atoms with Gasteiger partial charge >= 0.3 is 0 Å². The molecule has 2 N–H and O–H groups in total. The van der Waals surface area contributed by atoms with E-state index < -0.39 is 5.92 Å². The molecule has 2 heterocycles. The first-order valence-corrected chi connectivity index (χ1v) is 10.1. The largest absolute Gasteiger partial charge is 0.326 e. The average molecular weight is 454 g/mol. The average Bonchev–Trinajstić information content (AvgIpc) is 3.08. The molecule has 0 aliphatic carbocycles. The summed E-state index contributed by atoms with van der Waals surface area (Å²) in [6.45, 7) is 4.03. The highest BCUT2D eigenvalue weighted by Crippen LogP contribution is 2.28. The van der Waals surface area contributed by atoms with Crippen molar-refractivity contribution in [2.45, 2.75) is 20.3 Å². The number of carbonyl (C=O) groups is 2. The van der Waals surface area contributed by atoms with E-state index in [4.69, 9.17) is 0 Å². The fourth-order valence-corrected chi connectivity index (χ4v) is 4.05. The van der Waals surface area contributed by atoms with Crippen LogP contribution in [0.5, 0.6) is 0 Å². The predicted molar refractivity (Wildman–Crippen MR) is 117 cm³/mol. The number of carbonyl (C=O) groups excluding carboxylic acids is 2.